The maximum atomic E-state index is 16.9. The molecule has 2 N–H and O–H groups in total. The number of nitrogens with one attached hydrogen (secondary N) is 1. The van der Waals surface area contributed by atoms with Crippen molar-refractivity contribution in [3.8, 4) is 35.2 Å². The zero-order chi connectivity index (χ0) is 32.6. The Labute approximate surface area is 279 Å². The minimum Gasteiger partial charge on any atom is -0.508 e. The van der Waals surface area contributed by atoms with Crippen LogP contribution in [-0.2, 0) is 0 Å². The summed E-state index contributed by atoms with van der Waals surface area (Å²) >= 11 is 0. The third kappa shape index (κ3) is 5.36. The van der Waals surface area contributed by atoms with Gasteiger partial charge in [0.2, 0.25) is 5.88 Å². The number of piperidine rings is 1. The van der Waals surface area contributed by atoms with Gasteiger partial charge in [0.25, 0.3) is 0 Å². The molecule has 246 valence electrons. The predicted octanol–water partition coefficient (Wildman–Crippen LogP) is 6.70. The summed E-state index contributed by atoms with van der Waals surface area (Å²) in [4.78, 5) is 14.2. The second kappa shape index (κ2) is 11.4. The maximum absolute atomic E-state index is 16.9. The fourth-order valence-corrected chi connectivity index (χ4v) is 8.36. The smallest absolute Gasteiger partial charge is 0.216 e. The predicted molar refractivity (Wildman–Crippen MR) is 183 cm³/mol. The van der Waals surface area contributed by atoms with E-state index in [2.05, 4.69) is 26.0 Å². The standard InChI is InChI=1S/C39H39F2N5O2/c1-2-29-32(40)8-5-25-15-28(47)16-30(35(25)29)37-36(41)38-31(18-42-37)33(46-19-26-6-7-27(20-46)43-26)17-34(44-38)48-22-39(11-12-39)21-45-13-9-24(10-14-45)23-3-4-23/h1,5,8,15-18,26-27,43,47H,3-4,6-7,9-14,19-22H2. The lowest BCUT2D eigenvalue weighted by molar-refractivity contribution is 0.151. The number of phenolic OH excluding ortho intramolecular Hbond substituents is 1. The van der Waals surface area contributed by atoms with Gasteiger partial charge in [-0.2, -0.15) is 0 Å². The lowest BCUT2D eigenvalue weighted by Gasteiger charge is -2.35. The number of ether oxygens (including phenoxy) is 1. The largest absolute Gasteiger partial charge is 0.508 e. The molecular weight excluding hydrogens is 608 g/mol. The molecule has 9 heteroatoms. The van der Waals surface area contributed by atoms with Crippen LogP contribution in [0, 0.1) is 29.4 Å². The third-order valence-corrected chi connectivity index (χ3v) is 11.3. The Kier molecular flexibility index (Phi) is 7.10. The Bertz CT molecular complexity index is 2020. The summed E-state index contributed by atoms with van der Waals surface area (Å²) in [5.74, 6) is 1.45. The highest BCUT2D eigenvalue weighted by Crippen LogP contribution is 2.48. The van der Waals surface area contributed by atoms with Crippen molar-refractivity contribution >= 4 is 27.4 Å². The zero-order valence-corrected chi connectivity index (χ0v) is 27.0. The van der Waals surface area contributed by atoms with Gasteiger partial charge in [-0.25, -0.2) is 13.8 Å². The quantitative estimate of drug-likeness (QED) is 0.171. The van der Waals surface area contributed by atoms with Crippen molar-refractivity contribution in [1.82, 2.24) is 20.2 Å². The number of rotatable bonds is 7. The molecule has 5 fully saturated rings. The summed E-state index contributed by atoms with van der Waals surface area (Å²) in [6.07, 6.45) is 16.8. The summed E-state index contributed by atoms with van der Waals surface area (Å²) < 4.78 is 38.3. The van der Waals surface area contributed by atoms with Crippen molar-refractivity contribution in [2.45, 2.75) is 63.5 Å². The Balaban J connectivity index is 1.08. The summed E-state index contributed by atoms with van der Waals surface area (Å²) in [6.45, 7) is 5.37. The van der Waals surface area contributed by atoms with Crippen LogP contribution in [-0.4, -0.2) is 71.4 Å². The maximum Gasteiger partial charge on any atom is 0.216 e. The molecule has 48 heavy (non-hydrogen) atoms. The summed E-state index contributed by atoms with van der Waals surface area (Å²) in [5, 5.41) is 15.7. The Hall–Kier alpha value is -4.26. The van der Waals surface area contributed by atoms with Crippen LogP contribution in [0.5, 0.6) is 11.6 Å². The van der Waals surface area contributed by atoms with Gasteiger partial charge in [0.15, 0.2) is 5.82 Å². The molecule has 4 aromatic rings. The van der Waals surface area contributed by atoms with E-state index in [0.717, 1.165) is 64.1 Å². The van der Waals surface area contributed by atoms with E-state index in [1.165, 1.54) is 49.9 Å². The monoisotopic (exact) mass is 647 g/mol. The van der Waals surface area contributed by atoms with Crippen LogP contribution >= 0.6 is 0 Å². The normalized spacial score (nSPS) is 23.1. The summed E-state index contributed by atoms with van der Waals surface area (Å²) in [7, 11) is 0. The fraction of sp³-hybridized carbons (Fsp3) is 0.436. The molecule has 2 bridgehead atoms. The lowest BCUT2D eigenvalue weighted by Crippen LogP contribution is -2.51. The van der Waals surface area contributed by atoms with Crippen LogP contribution in [0.1, 0.15) is 56.9 Å². The number of benzene rings is 2. The summed E-state index contributed by atoms with van der Waals surface area (Å²) in [5.41, 5.74) is 4.62. The van der Waals surface area contributed by atoms with Crippen LogP contribution in [0.2, 0.25) is 0 Å². The van der Waals surface area contributed by atoms with E-state index in [1.54, 1.807) is 17.3 Å². The number of anilines is 1. The second-order valence-corrected chi connectivity index (χ2v) is 14.6. The van der Waals surface area contributed by atoms with E-state index in [1.807, 2.05) is 6.07 Å². The van der Waals surface area contributed by atoms with Gasteiger partial charge in [0.1, 0.15) is 22.8 Å². The molecular formula is C39H39F2N5O2. The molecule has 7 nitrogen and oxygen atoms in total. The van der Waals surface area contributed by atoms with E-state index in [9.17, 15) is 9.50 Å². The van der Waals surface area contributed by atoms with Gasteiger partial charge in [0.05, 0.1) is 17.9 Å². The Morgan fingerprint density at radius 3 is 2.48 bits per heavy atom. The fourth-order valence-electron chi connectivity index (χ4n) is 8.36. The van der Waals surface area contributed by atoms with Gasteiger partial charge in [-0.1, -0.05) is 23.1 Å². The van der Waals surface area contributed by atoms with Gasteiger partial charge < -0.3 is 25.0 Å². The molecule has 2 aromatic heterocycles. The van der Waals surface area contributed by atoms with Crippen molar-refractivity contribution < 1.29 is 18.6 Å². The highest BCUT2D eigenvalue weighted by atomic mass is 19.1. The Morgan fingerprint density at radius 2 is 1.77 bits per heavy atom. The second-order valence-electron chi connectivity index (χ2n) is 14.6. The topological polar surface area (TPSA) is 73.8 Å². The molecule has 2 unspecified atom stereocenters. The number of hydrogen-bond donors (Lipinski definition) is 2. The molecule has 2 atom stereocenters. The van der Waals surface area contributed by atoms with Gasteiger partial charge >= 0.3 is 0 Å². The number of aromatic nitrogens is 2. The van der Waals surface area contributed by atoms with Crippen LogP contribution in [0.4, 0.5) is 14.5 Å². The molecule has 2 aliphatic carbocycles. The first-order valence-electron chi connectivity index (χ1n) is 17.3. The first kappa shape index (κ1) is 29.8. The van der Waals surface area contributed by atoms with Crippen molar-refractivity contribution in [2.75, 3.05) is 44.2 Å². The molecule has 3 aliphatic heterocycles. The zero-order valence-electron chi connectivity index (χ0n) is 27.0. The number of likely N-dealkylation sites (tertiary alicyclic amines) is 1. The number of nitrogens with zero attached hydrogens (tertiary/aromatic N) is 4. The molecule has 2 saturated carbocycles. The van der Waals surface area contributed by atoms with E-state index < -0.39 is 11.6 Å². The molecule has 2 aromatic carbocycles. The van der Waals surface area contributed by atoms with Gasteiger partial charge in [0, 0.05) is 78.8 Å². The van der Waals surface area contributed by atoms with Crippen molar-refractivity contribution in [2.24, 2.45) is 5.41 Å². The van der Waals surface area contributed by atoms with Crippen LogP contribution in [0.25, 0.3) is 32.9 Å². The van der Waals surface area contributed by atoms with Crippen LogP contribution in [0.15, 0.2) is 47.7 Å². The third-order valence-electron chi connectivity index (χ3n) is 11.3. The average molecular weight is 648 g/mol. The molecule has 3 saturated heterocycles. The molecule has 5 aliphatic rings. The van der Waals surface area contributed by atoms with E-state index >= 15 is 4.39 Å². The van der Waals surface area contributed by atoms with Crippen LogP contribution < -0.4 is 15.0 Å². The number of phenols is 1. The number of piperazine rings is 1. The first-order chi connectivity index (χ1) is 23.4. The number of pyridine rings is 2. The summed E-state index contributed by atoms with van der Waals surface area (Å²) in [6, 6.07) is 8.35. The molecule has 9 rings (SSSR count). The molecule has 0 radical (unpaired) electrons. The van der Waals surface area contributed by atoms with Crippen LogP contribution in [0.3, 0.4) is 0 Å². The van der Waals surface area contributed by atoms with E-state index in [4.69, 9.17) is 16.1 Å². The number of fused-ring (bicyclic) bond motifs is 4. The first-order valence-corrected chi connectivity index (χ1v) is 17.3. The lowest BCUT2D eigenvalue weighted by atomic mass is 9.95. The van der Waals surface area contributed by atoms with E-state index in [0.29, 0.717) is 40.7 Å². The van der Waals surface area contributed by atoms with Gasteiger partial charge in [-0.15, -0.1) is 6.42 Å². The number of halogens is 2. The highest BCUT2D eigenvalue weighted by molar-refractivity contribution is 6.03. The molecule has 5 heterocycles. The van der Waals surface area contributed by atoms with Gasteiger partial charge in [-0.05, 0) is 75.0 Å². The number of terminal acetylenes is 1. The highest BCUT2D eigenvalue weighted by Gasteiger charge is 2.45. The number of hydrogen-bond acceptors (Lipinski definition) is 7. The Morgan fingerprint density at radius 1 is 1.02 bits per heavy atom. The molecule has 0 spiro atoms. The van der Waals surface area contributed by atoms with Crippen molar-refractivity contribution in [3.05, 3.63) is 64.9 Å². The van der Waals surface area contributed by atoms with E-state index in [-0.39, 0.29) is 33.5 Å². The number of aromatic hydroxyl groups is 1. The van der Waals surface area contributed by atoms with Crippen molar-refractivity contribution in [1.29, 1.82) is 0 Å². The minimum atomic E-state index is -0.661. The van der Waals surface area contributed by atoms with Crippen molar-refractivity contribution in [3.63, 3.8) is 0 Å². The van der Waals surface area contributed by atoms with Gasteiger partial charge in [-0.3, -0.25) is 4.98 Å². The number of allylic oxidation sites excluding steroid dienone is 1. The molecule has 0 amide bonds. The minimum absolute atomic E-state index is 0.00494. The average Bonchev–Trinajstić information content (AvgIpc) is 4.03. The SMILES string of the molecule is C#Cc1c(F)ccc2cc(O)cc(-c3ncc4c(N5CC6CCC(C5)N6)cc(OCC5(CN6CCC(=C7CC7)CC6)CC5)nc4c3F)c12.